The van der Waals surface area contributed by atoms with Gasteiger partial charge in [-0.3, -0.25) is 5.41 Å². The zero-order chi connectivity index (χ0) is 9.14. The van der Waals surface area contributed by atoms with Crippen LogP contribution >= 0.6 is 0 Å². The van der Waals surface area contributed by atoms with Gasteiger partial charge in [-0.2, -0.15) is 0 Å². The summed E-state index contributed by atoms with van der Waals surface area (Å²) in [6, 6.07) is 5.31. The van der Waals surface area contributed by atoms with E-state index in [0.29, 0.717) is 0 Å². The predicted molar refractivity (Wildman–Crippen MR) is 39.9 cm³/mol. The van der Waals surface area contributed by atoms with Gasteiger partial charge in [-0.25, -0.2) is 0 Å². The zero-order valence-electron chi connectivity index (χ0n) is 7.07. The van der Waals surface area contributed by atoms with Crippen molar-refractivity contribution in [3.05, 3.63) is 29.8 Å². The normalized spacial score (nSPS) is 8.62. The maximum atomic E-state index is 10.2. The molecule has 0 spiro atoms. The summed E-state index contributed by atoms with van der Waals surface area (Å²) in [4.78, 5) is 10.2. The fourth-order valence-corrected chi connectivity index (χ4v) is 0.746. The number of carbonyl (C=O) groups is 1. The molecule has 0 amide bonds. The topological polar surface area (TPSA) is 84.2 Å². The molecule has 0 saturated carbocycles. The van der Waals surface area contributed by atoms with Crippen molar-refractivity contribution in [3.8, 4) is 5.75 Å². The largest absolute Gasteiger partial charge is 1.00 e. The molecule has 0 saturated heterocycles. The number of hydrogen-bond acceptors (Lipinski definition) is 4. The Morgan fingerprint density at radius 1 is 1.31 bits per heavy atom. The molecular formula is C8H6NNaO3. The Balaban J connectivity index is 0.00000144. The van der Waals surface area contributed by atoms with Gasteiger partial charge in [0.25, 0.3) is 0 Å². The molecule has 13 heavy (non-hydrogen) atoms. The zero-order valence-corrected chi connectivity index (χ0v) is 9.07. The van der Waals surface area contributed by atoms with Crippen LogP contribution < -0.4 is 34.7 Å². The van der Waals surface area contributed by atoms with E-state index in [2.05, 4.69) is 0 Å². The van der Waals surface area contributed by atoms with Crippen LogP contribution in [0.2, 0.25) is 0 Å². The van der Waals surface area contributed by atoms with Gasteiger partial charge in [-0.15, -0.1) is 0 Å². The Bertz CT molecular complexity index is 321. The van der Waals surface area contributed by atoms with Gasteiger partial charge in [0.2, 0.25) is 0 Å². The van der Waals surface area contributed by atoms with Crippen molar-refractivity contribution in [3.63, 3.8) is 0 Å². The van der Waals surface area contributed by atoms with Crippen LogP contribution in [0.4, 0.5) is 0 Å². The van der Waals surface area contributed by atoms with E-state index in [1.807, 2.05) is 0 Å². The summed E-state index contributed by atoms with van der Waals surface area (Å²) in [7, 11) is 0. The van der Waals surface area contributed by atoms with Gasteiger partial charge in [0, 0.05) is 5.56 Å². The van der Waals surface area contributed by atoms with Gasteiger partial charge in [-0.1, -0.05) is 0 Å². The number of aromatic hydroxyl groups is 1. The SMILES string of the molecule is N=C(C(=O)[O-])c1ccc(O)cc1.[Na+]. The third-order valence-corrected chi connectivity index (χ3v) is 1.36. The standard InChI is InChI=1S/C8H7NO3.Na/c9-7(8(11)12)5-1-3-6(10)4-2-5;/h1-4,9-10H,(H,11,12);/q;+1/p-1. The molecule has 0 unspecified atom stereocenters. The van der Waals surface area contributed by atoms with Gasteiger partial charge < -0.3 is 15.0 Å². The van der Waals surface area contributed by atoms with Crippen molar-refractivity contribution in [1.29, 1.82) is 5.41 Å². The first-order chi connectivity index (χ1) is 5.61. The smallest absolute Gasteiger partial charge is 0.543 e. The summed E-state index contributed by atoms with van der Waals surface area (Å²) in [6.45, 7) is 0. The van der Waals surface area contributed by atoms with Crippen LogP contribution in [0.5, 0.6) is 5.75 Å². The predicted octanol–water partition coefficient (Wildman–Crippen LogP) is -3.49. The molecule has 1 rings (SSSR count). The number of carboxylic acid groups (broad SMARTS) is 1. The van der Waals surface area contributed by atoms with Crippen LogP contribution in [0.3, 0.4) is 0 Å². The van der Waals surface area contributed by atoms with E-state index < -0.39 is 11.7 Å². The van der Waals surface area contributed by atoms with E-state index in [9.17, 15) is 9.90 Å². The van der Waals surface area contributed by atoms with Crippen molar-refractivity contribution < 1.29 is 44.6 Å². The Kier molecular flexibility index (Phi) is 4.69. The van der Waals surface area contributed by atoms with Gasteiger partial charge in [-0.05, 0) is 24.3 Å². The van der Waals surface area contributed by atoms with Gasteiger partial charge >= 0.3 is 29.6 Å². The molecule has 0 fully saturated rings. The Labute approximate surface area is 97.0 Å². The minimum absolute atomic E-state index is 0. The van der Waals surface area contributed by atoms with Gasteiger partial charge in [0.1, 0.15) is 5.75 Å². The van der Waals surface area contributed by atoms with Crippen LogP contribution in [0, 0.1) is 5.41 Å². The van der Waals surface area contributed by atoms with Gasteiger partial charge in [0.05, 0.1) is 11.7 Å². The number of carbonyl (C=O) groups excluding carboxylic acids is 1. The molecule has 0 aliphatic carbocycles. The summed E-state index contributed by atoms with van der Waals surface area (Å²) in [5.41, 5.74) is -0.372. The van der Waals surface area contributed by atoms with Crippen molar-refractivity contribution in [2.75, 3.05) is 0 Å². The van der Waals surface area contributed by atoms with Crippen LogP contribution in [0.25, 0.3) is 0 Å². The molecule has 0 radical (unpaired) electrons. The maximum Gasteiger partial charge on any atom is 1.00 e. The van der Waals surface area contributed by atoms with E-state index in [-0.39, 0.29) is 40.9 Å². The summed E-state index contributed by atoms with van der Waals surface area (Å²) < 4.78 is 0. The minimum Gasteiger partial charge on any atom is -0.543 e. The first kappa shape index (κ1) is 12.2. The number of rotatable bonds is 2. The summed E-state index contributed by atoms with van der Waals surface area (Å²) in [5.74, 6) is -1.49. The molecule has 1 aromatic rings. The first-order valence-corrected chi connectivity index (χ1v) is 3.20. The summed E-state index contributed by atoms with van der Waals surface area (Å²) in [5, 5.41) is 26.0. The number of nitrogens with one attached hydrogen (secondary N) is 1. The van der Waals surface area contributed by atoms with Gasteiger partial charge in [0.15, 0.2) is 0 Å². The number of phenolic OH excluding ortho intramolecular Hbond substituents is 1. The van der Waals surface area contributed by atoms with Crippen molar-refractivity contribution in [1.82, 2.24) is 0 Å². The quantitative estimate of drug-likeness (QED) is 0.372. The van der Waals surface area contributed by atoms with Crippen molar-refractivity contribution in [2.24, 2.45) is 0 Å². The third-order valence-electron chi connectivity index (χ3n) is 1.36. The minimum atomic E-state index is -1.53. The van der Waals surface area contributed by atoms with E-state index in [0.717, 1.165) is 0 Å². The Hall–Kier alpha value is -0.840. The Morgan fingerprint density at radius 3 is 2.15 bits per heavy atom. The average molecular weight is 187 g/mol. The molecule has 5 heteroatoms. The molecule has 1 aromatic carbocycles. The molecule has 0 atom stereocenters. The van der Waals surface area contributed by atoms with E-state index >= 15 is 0 Å². The molecular weight excluding hydrogens is 181 g/mol. The second kappa shape index (κ2) is 5.01. The summed E-state index contributed by atoms with van der Waals surface area (Å²) >= 11 is 0. The number of hydrogen-bond donors (Lipinski definition) is 2. The van der Waals surface area contributed by atoms with Crippen LogP contribution in [-0.4, -0.2) is 16.8 Å². The average Bonchev–Trinajstić information content (AvgIpc) is 2.04. The van der Waals surface area contributed by atoms with Crippen LogP contribution in [-0.2, 0) is 4.79 Å². The third kappa shape index (κ3) is 3.18. The number of carboxylic acids is 1. The fourth-order valence-electron chi connectivity index (χ4n) is 0.746. The number of phenols is 1. The molecule has 2 N–H and O–H groups in total. The number of aliphatic carboxylic acids is 1. The van der Waals surface area contributed by atoms with Crippen LogP contribution in [0.1, 0.15) is 5.56 Å². The van der Waals surface area contributed by atoms with E-state index in [1.165, 1.54) is 24.3 Å². The summed E-state index contributed by atoms with van der Waals surface area (Å²) in [6.07, 6.45) is 0. The molecule has 0 bridgehead atoms. The molecule has 0 heterocycles. The molecule has 4 nitrogen and oxygen atoms in total. The fraction of sp³-hybridized carbons (Fsp3) is 0. The molecule has 0 aliphatic rings. The number of benzene rings is 1. The second-order valence-electron chi connectivity index (χ2n) is 2.21. The van der Waals surface area contributed by atoms with Crippen LogP contribution in [0.15, 0.2) is 24.3 Å². The van der Waals surface area contributed by atoms with Crippen molar-refractivity contribution >= 4 is 11.7 Å². The van der Waals surface area contributed by atoms with E-state index in [1.54, 1.807) is 0 Å². The molecule has 0 aromatic heterocycles. The Morgan fingerprint density at radius 2 is 1.77 bits per heavy atom. The molecule has 0 aliphatic heterocycles. The monoisotopic (exact) mass is 187 g/mol. The van der Waals surface area contributed by atoms with Crippen molar-refractivity contribution in [2.45, 2.75) is 0 Å². The molecule has 62 valence electrons. The second-order valence-corrected chi connectivity index (χ2v) is 2.21. The maximum absolute atomic E-state index is 10.2. The van der Waals surface area contributed by atoms with E-state index in [4.69, 9.17) is 10.5 Å². The first-order valence-electron chi connectivity index (χ1n) is 3.20.